The summed E-state index contributed by atoms with van der Waals surface area (Å²) in [5, 5.41) is 10.9. The Morgan fingerprint density at radius 3 is 3.06 bits per heavy atom. The number of halogens is 1. The molecule has 0 radical (unpaired) electrons. The number of hydrogen-bond donors (Lipinski definition) is 1. The van der Waals surface area contributed by atoms with Crippen LogP contribution in [0.1, 0.15) is 30.6 Å². The number of rotatable bonds is 2. The quantitative estimate of drug-likeness (QED) is 0.906. The summed E-state index contributed by atoms with van der Waals surface area (Å²) in [6.07, 6.45) is 5.51. The Morgan fingerprint density at radius 1 is 1.41 bits per heavy atom. The molecule has 0 spiro atoms. The molecule has 0 aliphatic carbocycles. The van der Waals surface area contributed by atoms with E-state index in [4.69, 9.17) is 0 Å². The van der Waals surface area contributed by atoms with Gasteiger partial charge in [0, 0.05) is 23.9 Å². The molecule has 0 aromatic carbocycles. The lowest BCUT2D eigenvalue weighted by Gasteiger charge is -2.37. The van der Waals surface area contributed by atoms with Crippen LogP contribution in [0.2, 0.25) is 0 Å². The van der Waals surface area contributed by atoms with Crippen LogP contribution in [0, 0.1) is 0 Å². The summed E-state index contributed by atoms with van der Waals surface area (Å²) < 4.78 is 1.16. The highest BCUT2D eigenvalue weighted by Gasteiger charge is 2.46. The Hall–Kier alpha value is 0.1000. The molecule has 2 atom stereocenters. The van der Waals surface area contributed by atoms with Crippen LogP contribution < -0.4 is 0 Å². The zero-order valence-electron chi connectivity index (χ0n) is 9.86. The molecule has 0 amide bonds. The first kappa shape index (κ1) is 12.2. The highest BCUT2D eigenvalue weighted by atomic mass is 79.9. The van der Waals surface area contributed by atoms with Gasteiger partial charge in [-0.1, -0.05) is 6.42 Å². The van der Waals surface area contributed by atoms with Crippen LogP contribution in [-0.4, -0.2) is 34.7 Å². The van der Waals surface area contributed by atoms with Gasteiger partial charge in [-0.2, -0.15) is 0 Å². The van der Waals surface area contributed by atoms with Gasteiger partial charge < -0.3 is 5.11 Å². The van der Waals surface area contributed by atoms with Gasteiger partial charge >= 0.3 is 0 Å². The van der Waals surface area contributed by atoms with Gasteiger partial charge in [0.15, 0.2) is 0 Å². The van der Waals surface area contributed by atoms with E-state index in [9.17, 15) is 5.11 Å². The van der Waals surface area contributed by atoms with Crippen molar-refractivity contribution in [1.82, 2.24) is 4.90 Å². The summed E-state index contributed by atoms with van der Waals surface area (Å²) in [5.41, 5.74) is -0.481. The maximum Gasteiger partial charge on any atom is 0.0862 e. The van der Waals surface area contributed by atoms with E-state index >= 15 is 0 Å². The second-order valence-electron chi connectivity index (χ2n) is 5.28. The van der Waals surface area contributed by atoms with Crippen molar-refractivity contribution in [2.45, 2.75) is 43.7 Å². The van der Waals surface area contributed by atoms with Gasteiger partial charge in [0.2, 0.25) is 0 Å². The molecular formula is C13H18BrNOS. The zero-order valence-corrected chi connectivity index (χ0v) is 12.3. The van der Waals surface area contributed by atoms with E-state index in [2.05, 4.69) is 33.0 Å². The molecule has 3 heterocycles. The Kier molecular flexibility index (Phi) is 3.32. The van der Waals surface area contributed by atoms with Gasteiger partial charge in [-0.15, -0.1) is 11.3 Å². The summed E-state index contributed by atoms with van der Waals surface area (Å²) in [5.74, 6) is 0. The van der Waals surface area contributed by atoms with E-state index in [1.807, 2.05) is 0 Å². The van der Waals surface area contributed by atoms with E-state index in [-0.39, 0.29) is 0 Å². The highest BCUT2D eigenvalue weighted by Crippen LogP contribution is 2.38. The first-order valence-corrected chi connectivity index (χ1v) is 7.99. The van der Waals surface area contributed by atoms with Crippen LogP contribution in [0.4, 0.5) is 0 Å². The molecule has 0 bridgehead atoms. The largest absolute Gasteiger partial charge is 0.388 e. The second kappa shape index (κ2) is 4.65. The van der Waals surface area contributed by atoms with Crippen molar-refractivity contribution in [3.63, 3.8) is 0 Å². The van der Waals surface area contributed by atoms with Crippen LogP contribution in [0.25, 0.3) is 0 Å². The third-order valence-electron chi connectivity index (χ3n) is 4.18. The van der Waals surface area contributed by atoms with Crippen LogP contribution >= 0.6 is 27.3 Å². The van der Waals surface area contributed by atoms with Crippen molar-refractivity contribution in [2.24, 2.45) is 0 Å². The Morgan fingerprint density at radius 2 is 2.29 bits per heavy atom. The van der Waals surface area contributed by atoms with Crippen LogP contribution in [0.3, 0.4) is 0 Å². The Balaban J connectivity index is 1.76. The predicted octanol–water partition coefficient (Wildman–Crippen LogP) is 3.04. The minimum atomic E-state index is -0.481. The summed E-state index contributed by atoms with van der Waals surface area (Å²) in [4.78, 5) is 3.79. The molecule has 0 saturated carbocycles. The maximum atomic E-state index is 10.9. The van der Waals surface area contributed by atoms with Gasteiger partial charge in [-0.3, -0.25) is 4.90 Å². The summed E-state index contributed by atoms with van der Waals surface area (Å²) >= 11 is 5.25. The van der Waals surface area contributed by atoms with Crippen molar-refractivity contribution in [3.05, 3.63) is 20.8 Å². The van der Waals surface area contributed by atoms with Crippen molar-refractivity contribution >= 4 is 27.3 Å². The second-order valence-corrected chi connectivity index (χ2v) is 7.83. The van der Waals surface area contributed by atoms with Crippen molar-refractivity contribution in [1.29, 1.82) is 0 Å². The topological polar surface area (TPSA) is 23.5 Å². The van der Waals surface area contributed by atoms with E-state index in [1.165, 1.54) is 30.7 Å². The molecule has 2 aliphatic heterocycles. The van der Waals surface area contributed by atoms with Crippen LogP contribution in [0.15, 0.2) is 15.9 Å². The number of hydrogen-bond acceptors (Lipinski definition) is 3. The molecule has 94 valence electrons. The lowest BCUT2D eigenvalue weighted by Crippen LogP contribution is -2.48. The molecule has 2 fully saturated rings. The lowest BCUT2D eigenvalue weighted by atomic mass is 9.86. The molecular weight excluding hydrogens is 298 g/mol. The van der Waals surface area contributed by atoms with Crippen molar-refractivity contribution in [3.8, 4) is 0 Å². The first-order chi connectivity index (χ1) is 8.17. The maximum absolute atomic E-state index is 10.9. The third kappa shape index (κ3) is 2.33. The fourth-order valence-electron chi connectivity index (χ4n) is 3.33. The average Bonchev–Trinajstić information content (AvgIpc) is 2.86. The molecule has 3 rings (SSSR count). The molecule has 17 heavy (non-hydrogen) atoms. The first-order valence-electron chi connectivity index (χ1n) is 6.38. The minimum Gasteiger partial charge on any atom is -0.388 e. The lowest BCUT2D eigenvalue weighted by molar-refractivity contribution is -0.00826. The number of aliphatic hydroxyl groups is 1. The van der Waals surface area contributed by atoms with E-state index in [0.717, 1.165) is 23.2 Å². The van der Waals surface area contributed by atoms with Crippen LogP contribution in [0.5, 0.6) is 0 Å². The Labute approximate surface area is 115 Å². The number of nitrogens with zero attached hydrogens (tertiary/aromatic N) is 1. The number of piperidine rings is 1. The van der Waals surface area contributed by atoms with E-state index < -0.39 is 5.60 Å². The summed E-state index contributed by atoms with van der Waals surface area (Å²) in [6, 6.07) is 4.62. The van der Waals surface area contributed by atoms with Gasteiger partial charge in [-0.25, -0.2) is 0 Å². The molecule has 1 aromatic rings. The monoisotopic (exact) mass is 315 g/mol. The van der Waals surface area contributed by atoms with Crippen LogP contribution in [-0.2, 0) is 6.42 Å². The van der Waals surface area contributed by atoms with Crippen molar-refractivity contribution in [2.75, 3.05) is 13.1 Å². The standard InChI is InChI=1S/C13H18BrNOS/c14-12-5-4-10(17-12)9-13(16)6-8-15-7-2-1-3-11(13)15/h4-5,11,16H,1-3,6-9H2. The molecule has 1 aromatic heterocycles. The fourth-order valence-corrected chi connectivity index (χ4v) is 4.93. The zero-order chi connectivity index (χ0) is 11.9. The Bertz CT molecular complexity index is 408. The molecule has 2 aliphatic rings. The van der Waals surface area contributed by atoms with Gasteiger partial charge in [0.25, 0.3) is 0 Å². The van der Waals surface area contributed by atoms with Gasteiger partial charge in [-0.05, 0) is 53.9 Å². The molecule has 2 unspecified atom stereocenters. The molecule has 2 saturated heterocycles. The fraction of sp³-hybridized carbons (Fsp3) is 0.692. The summed E-state index contributed by atoms with van der Waals surface area (Å²) in [7, 11) is 0. The molecule has 2 nitrogen and oxygen atoms in total. The SMILES string of the molecule is OC1(Cc2ccc(Br)s2)CCN2CCCCC21. The van der Waals surface area contributed by atoms with E-state index in [1.54, 1.807) is 11.3 Å². The van der Waals surface area contributed by atoms with Gasteiger partial charge in [0.1, 0.15) is 0 Å². The smallest absolute Gasteiger partial charge is 0.0862 e. The molecule has 1 N–H and O–H groups in total. The number of thiophene rings is 1. The van der Waals surface area contributed by atoms with Gasteiger partial charge in [0.05, 0.1) is 9.39 Å². The summed E-state index contributed by atoms with van der Waals surface area (Å²) in [6.45, 7) is 2.26. The highest BCUT2D eigenvalue weighted by molar-refractivity contribution is 9.11. The molecule has 4 heteroatoms. The number of fused-ring (bicyclic) bond motifs is 1. The third-order valence-corrected chi connectivity index (χ3v) is 5.80. The average molecular weight is 316 g/mol. The van der Waals surface area contributed by atoms with E-state index in [0.29, 0.717) is 6.04 Å². The van der Waals surface area contributed by atoms with Crippen molar-refractivity contribution < 1.29 is 5.11 Å². The predicted molar refractivity (Wildman–Crippen MR) is 74.5 cm³/mol. The minimum absolute atomic E-state index is 0.400. The normalized spacial score (nSPS) is 33.9.